The van der Waals surface area contributed by atoms with E-state index < -0.39 is 5.60 Å². The van der Waals surface area contributed by atoms with Gasteiger partial charge in [0.05, 0.1) is 6.10 Å². The molecule has 7 atom stereocenters. The lowest BCUT2D eigenvalue weighted by molar-refractivity contribution is -0.136. The molecule has 0 aromatic carbocycles. The molecule has 130 valence electrons. The van der Waals surface area contributed by atoms with Crippen molar-refractivity contribution in [2.45, 2.75) is 77.4 Å². The van der Waals surface area contributed by atoms with E-state index in [-0.39, 0.29) is 22.7 Å². The average Bonchev–Trinajstić information content (AvgIpc) is 3.21. The molecule has 0 unspecified atom stereocenters. The SMILES string of the molecule is CC(=O)[C@@]12O[C@@H]1C[C@@H]1[C@H]3CCC4=CC(=O)CC[C@]4(C)[C@@H]3CC[C@@]12C. The number of carbonyl (C=O) groups excluding carboxylic acids is 2. The van der Waals surface area contributed by atoms with Crippen LogP contribution in [0.1, 0.15) is 65.7 Å². The minimum Gasteiger partial charge on any atom is -0.357 e. The van der Waals surface area contributed by atoms with Crippen LogP contribution in [0, 0.1) is 28.6 Å². The van der Waals surface area contributed by atoms with Crippen LogP contribution in [0.25, 0.3) is 0 Å². The Morgan fingerprint density at radius 3 is 2.71 bits per heavy atom. The Kier molecular flexibility index (Phi) is 2.81. The maximum absolute atomic E-state index is 12.4. The molecule has 4 aliphatic carbocycles. The Balaban J connectivity index is 1.52. The summed E-state index contributed by atoms with van der Waals surface area (Å²) in [5.74, 6) is 2.58. The van der Waals surface area contributed by atoms with Gasteiger partial charge in [0.25, 0.3) is 0 Å². The van der Waals surface area contributed by atoms with Gasteiger partial charge in [0, 0.05) is 11.8 Å². The second kappa shape index (κ2) is 4.41. The number of Topliss-reactive ketones (excluding diaryl/α,β-unsaturated/α-hetero) is 1. The van der Waals surface area contributed by atoms with Gasteiger partial charge in [-0.05, 0) is 74.7 Å². The summed E-state index contributed by atoms with van der Waals surface area (Å²) in [5.41, 5.74) is 1.22. The van der Waals surface area contributed by atoms with Gasteiger partial charge < -0.3 is 4.74 Å². The van der Waals surface area contributed by atoms with E-state index >= 15 is 0 Å². The van der Waals surface area contributed by atoms with Gasteiger partial charge in [-0.25, -0.2) is 0 Å². The fourth-order valence-corrected chi connectivity index (χ4v) is 7.62. The summed E-state index contributed by atoms with van der Waals surface area (Å²) in [5, 5.41) is 0. The van der Waals surface area contributed by atoms with Gasteiger partial charge in [-0.3, -0.25) is 9.59 Å². The molecule has 0 aromatic rings. The molecular formula is C21H28O3. The van der Waals surface area contributed by atoms with Crippen LogP contribution in [0.15, 0.2) is 11.6 Å². The molecule has 5 rings (SSSR count). The van der Waals surface area contributed by atoms with Crippen LogP contribution in [-0.2, 0) is 14.3 Å². The first-order valence-corrected chi connectivity index (χ1v) is 9.76. The summed E-state index contributed by atoms with van der Waals surface area (Å²) >= 11 is 0. The first-order valence-electron chi connectivity index (χ1n) is 9.76. The molecule has 0 aromatic heterocycles. The molecule has 5 aliphatic rings. The minimum atomic E-state index is -0.456. The van der Waals surface area contributed by atoms with Crippen molar-refractivity contribution >= 4 is 11.6 Å². The van der Waals surface area contributed by atoms with Crippen molar-refractivity contribution in [2.24, 2.45) is 28.6 Å². The highest BCUT2D eigenvalue weighted by atomic mass is 16.6. The van der Waals surface area contributed by atoms with Crippen molar-refractivity contribution in [3.8, 4) is 0 Å². The minimum absolute atomic E-state index is 0.0345. The van der Waals surface area contributed by atoms with E-state index in [0.717, 1.165) is 25.7 Å². The van der Waals surface area contributed by atoms with E-state index in [1.165, 1.54) is 18.4 Å². The van der Waals surface area contributed by atoms with Crippen molar-refractivity contribution < 1.29 is 14.3 Å². The maximum Gasteiger partial charge on any atom is 0.164 e. The quantitative estimate of drug-likeness (QED) is 0.687. The highest BCUT2D eigenvalue weighted by Crippen LogP contribution is 2.73. The van der Waals surface area contributed by atoms with Gasteiger partial charge >= 0.3 is 0 Å². The van der Waals surface area contributed by atoms with Gasteiger partial charge in [0.15, 0.2) is 17.2 Å². The Labute approximate surface area is 144 Å². The molecule has 0 bridgehead atoms. The molecule has 0 amide bonds. The number of ketones is 2. The summed E-state index contributed by atoms with van der Waals surface area (Å²) in [6.45, 7) is 6.48. The predicted octanol–water partition coefficient (Wildman–Crippen LogP) is 3.85. The van der Waals surface area contributed by atoms with Gasteiger partial charge in [-0.15, -0.1) is 0 Å². The van der Waals surface area contributed by atoms with Crippen LogP contribution in [0.5, 0.6) is 0 Å². The molecule has 24 heavy (non-hydrogen) atoms. The number of hydrogen-bond acceptors (Lipinski definition) is 3. The molecule has 3 nitrogen and oxygen atoms in total. The number of ether oxygens (including phenoxy) is 1. The van der Waals surface area contributed by atoms with E-state index in [1.807, 2.05) is 6.08 Å². The van der Waals surface area contributed by atoms with Gasteiger partial charge in [0.2, 0.25) is 0 Å². The Morgan fingerprint density at radius 2 is 1.96 bits per heavy atom. The van der Waals surface area contributed by atoms with Crippen LogP contribution >= 0.6 is 0 Å². The molecule has 3 heteroatoms. The number of hydrogen-bond donors (Lipinski definition) is 0. The molecule has 0 radical (unpaired) electrons. The first-order chi connectivity index (χ1) is 11.3. The molecule has 0 N–H and O–H groups in total. The molecule has 1 aliphatic heterocycles. The third-order valence-electron chi connectivity index (χ3n) is 8.92. The van der Waals surface area contributed by atoms with Gasteiger partial charge in [-0.1, -0.05) is 19.4 Å². The molecule has 3 saturated carbocycles. The van der Waals surface area contributed by atoms with Gasteiger partial charge in [0.1, 0.15) is 0 Å². The molecule has 1 heterocycles. The summed E-state index contributed by atoms with van der Waals surface area (Å²) in [6.07, 6.45) is 9.53. The third-order valence-corrected chi connectivity index (χ3v) is 8.92. The van der Waals surface area contributed by atoms with E-state index in [0.29, 0.717) is 30.0 Å². The summed E-state index contributed by atoms with van der Waals surface area (Å²) in [6, 6.07) is 0. The summed E-state index contributed by atoms with van der Waals surface area (Å²) in [7, 11) is 0. The van der Waals surface area contributed by atoms with Crippen molar-refractivity contribution in [3.63, 3.8) is 0 Å². The number of rotatable bonds is 1. The average molecular weight is 328 g/mol. The zero-order chi connectivity index (χ0) is 16.9. The van der Waals surface area contributed by atoms with Crippen LogP contribution in [0.3, 0.4) is 0 Å². The van der Waals surface area contributed by atoms with E-state index in [1.54, 1.807) is 6.92 Å². The zero-order valence-corrected chi connectivity index (χ0v) is 15.1. The van der Waals surface area contributed by atoms with Crippen molar-refractivity contribution in [2.75, 3.05) is 0 Å². The Hall–Kier alpha value is -0.960. The van der Waals surface area contributed by atoms with Gasteiger partial charge in [-0.2, -0.15) is 0 Å². The van der Waals surface area contributed by atoms with Crippen molar-refractivity contribution in [1.29, 1.82) is 0 Å². The highest BCUT2D eigenvalue weighted by molar-refractivity contribution is 5.92. The van der Waals surface area contributed by atoms with E-state index in [9.17, 15) is 9.59 Å². The van der Waals surface area contributed by atoms with Crippen molar-refractivity contribution in [3.05, 3.63) is 11.6 Å². The van der Waals surface area contributed by atoms with Crippen LogP contribution < -0.4 is 0 Å². The van der Waals surface area contributed by atoms with E-state index in [4.69, 9.17) is 4.74 Å². The first kappa shape index (κ1) is 15.3. The lowest BCUT2D eigenvalue weighted by Gasteiger charge is -2.58. The maximum atomic E-state index is 12.4. The number of fused-ring (bicyclic) bond motifs is 7. The second-order valence-corrected chi connectivity index (χ2v) is 9.56. The standard InChI is InChI=1S/C21H28O3/c1-12(22)21-18(24-21)11-17-15-5-4-13-10-14(23)6-8-19(13,2)16(15)7-9-20(17,21)3/h10,15-18H,4-9,11H2,1-3H3/t15-,16+,17+,18+,19-,20-,21+/m0/s1. The van der Waals surface area contributed by atoms with Crippen molar-refractivity contribution in [1.82, 2.24) is 0 Å². The molecular weight excluding hydrogens is 300 g/mol. The summed E-state index contributed by atoms with van der Waals surface area (Å²) in [4.78, 5) is 24.3. The third kappa shape index (κ3) is 1.54. The fourth-order valence-electron chi connectivity index (χ4n) is 7.62. The number of allylic oxidation sites excluding steroid dienone is 1. The fraction of sp³-hybridized carbons (Fsp3) is 0.810. The monoisotopic (exact) mass is 328 g/mol. The van der Waals surface area contributed by atoms with E-state index in [2.05, 4.69) is 13.8 Å². The molecule has 1 saturated heterocycles. The summed E-state index contributed by atoms with van der Waals surface area (Å²) < 4.78 is 5.99. The second-order valence-electron chi connectivity index (χ2n) is 9.56. The zero-order valence-electron chi connectivity index (χ0n) is 15.1. The lowest BCUT2D eigenvalue weighted by Crippen LogP contribution is -2.54. The highest BCUT2D eigenvalue weighted by Gasteiger charge is 2.79. The Morgan fingerprint density at radius 1 is 1.17 bits per heavy atom. The number of carbonyl (C=O) groups is 2. The number of epoxide rings is 1. The normalized spacial score (nSPS) is 55.0. The Bertz CT molecular complexity index is 679. The largest absolute Gasteiger partial charge is 0.357 e. The molecule has 0 spiro atoms. The van der Waals surface area contributed by atoms with Crippen LogP contribution in [0.2, 0.25) is 0 Å². The molecule has 4 fully saturated rings. The van der Waals surface area contributed by atoms with Crippen LogP contribution in [-0.4, -0.2) is 23.3 Å². The lowest BCUT2D eigenvalue weighted by atomic mass is 9.46. The van der Waals surface area contributed by atoms with Crippen LogP contribution in [0.4, 0.5) is 0 Å². The topological polar surface area (TPSA) is 46.7 Å². The smallest absolute Gasteiger partial charge is 0.164 e. The predicted molar refractivity (Wildman–Crippen MR) is 90.4 cm³/mol.